The van der Waals surface area contributed by atoms with Gasteiger partial charge in [0.1, 0.15) is 13.2 Å². The monoisotopic (exact) mass is 1140 g/mol. The Morgan fingerprint density at radius 1 is 0.241 bits per heavy atom. The molecule has 0 spiro atoms. The molecule has 1 unspecified atom stereocenters. The molecule has 0 aliphatic carbocycles. The van der Waals surface area contributed by atoms with Crippen molar-refractivity contribution in [3.63, 3.8) is 0 Å². The fourth-order valence-electron chi connectivity index (χ4n) is 8.00. The number of hydrogen-bond acceptors (Lipinski definition) is 6. The molecular formula is C77H116O6. The van der Waals surface area contributed by atoms with Gasteiger partial charge in [0.05, 0.1) is 0 Å². The van der Waals surface area contributed by atoms with Crippen molar-refractivity contribution in [3.8, 4) is 0 Å². The average molecular weight is 1140 g/mol. The van der Waals surface area contributed by atoms with Gasteiger partial charge < -0.3 is 14.2 Å². The quantitative estimate of drug-likeness (QED) is 0.0261. The number of hydrogen-bond donors (Lipinski definition) is 0. The zero-order chi connectivity index (χ0) is 59.9. The largest absolute Gasteiger partial charge is 0.462 e. The predicted octanol–water partition coefficient (Wildman–Crippen LogP) is 22.8. The first-order valence-corrected chi connectivity index (χ1v) is 32.6. The fourth-order valence-corrected chi connectivity index (χ4v) is 8.00. The molecule has 0 N–H and O–H groups in total. The number of unbranched alkanes of at least 4 members (excludes halogenated alkanes) is 11. The smallest absolute Gasteiger partial charge is 0.306 e. The lowest BCUT2D eigenvalue weighted by molar-refractivity contribution is -0.167. The third kappa shape index (κ3) is 66.7. The van der Waals surface area contributed by atoms with E-state index in [-0.39, 0.29) is 44.0 Å². The molecule has 0 aromatic carbocycles. The van der Waals surface area contributed by atoms with Gasteiger partial charge in [-0.05, 0) is 167 Å². The number of allylic oxidation sites excluding steroid dienone is 34. The second-order valence-electron chi connectivity index (χ2n) is 20.5. The Morgan fingerprint density at radius 2 is 0.434 bits per heavy atom. The summed E-state index contributed by atoms with van der Waals surface area (Å²) in [4.78, 5) is 38.3. The first kappa shape index (κ1) is 77.0. The molecule has 0 fully saturated rings. The Morgan fingerprint density at radius 3 is 0.699 bits per heavy atom. The Kier molecular flexibility index (Phi) is 63.5. The number of carbonyl (C=O) groups excluding carboxylic acids is 3. The van der Waals surface area contributed by atoms with Gasteiger partial charge in [-0.2, -0.15) is 0 Å². The van der Waals surface area contributed by atoms with E-state index in [1.54, 1.807) is 0 Å². The Bertz CT molecular complexity index is 2030. The summed E-state index contributed by atoms with van der Waals surface area (Å²) >= 11 is 0. The zero-order valence-corrected chi connectivity index (χ0v) is 52.6. The molecule has 0 aliphatic heterocycles. The lowest BCUT2D eigenvalue weighted by Gasteiger charge is -2.18. The first-order valence-electron chi connectivity index (χ1n) is 32.6. The van der Waals surface area contributed by atoms with Gasteiger partial charge in [-0.25, -0.2) is 0 Å². The summed E-state index contributed by atoms with van der Waals surface area (Å²) in [5.41, 5.74) is 0. The molecular weight excluding hydrogens is 1020 g/mol. The van der Waals surface area contributed by atoms with Gasteiger partial charge in [0, 0.05) is 19.3 Å². The Labute approximate surface area is 509 Å². The highest BCUT2D eigenvalue weighted by molar-refractivity contribution is 5.71. The highest BCUT2D eigenvalue weighted by Gasteiger charge is 2.19. The van der Waals surface area contributed by atoms with E-state index < -0.39 is 6.10 Å². The molecule has 0 rings (SSSR count). The van der Waals surface area contributed by atoms with Gasteiger partial charge in [-0.1, -0.05) is 259 Å². The van der Waals surface area contributed by atoms with E-state index in [1.807, 2.05) is 0 Å². The van der Waals surface area contributed by atoms with Gasteiger partial charge in [-0.3, -0.25) is 14.4 Å². The van der Waals surface area contributed by atoms with Crippen molar-refractivity contribution in [2.45, 2.75) is 245 Å². The molecule has 6 nitrogen and oxygen atoms in total. The SMILES string of the molecule is CC/C=C\C/C=C\C/C=C\C/C=C\C/C=C\C/C=C\C/C=C\C/C=C\C/C=C\CCCCCCCCCC(=O)OCC(COC(=O)CCCC/C=C\C/C=C\C/C=C\C/C=C\CC)OC(=O)CCCC/C=C\C/C=C\C/C=C\C/C=C\CC. The highest BCUT2D eigenvalue weighted by atomic mass is 16.6. The second kappa shape index (κ2) is 68.5. The Balaban J connectivity index is 4.39. The minimum absolute atomic E-state index is 0.125. The van der Waals surface area contributed by atoms with Crippen LogP contribution in [-0.2, 0) is 28.6 Å². The maximum atomic E-state index is 12.9. The molecule has 0 radical (unpaired) electrons. The summed E-state index contributed by atoms with van der Waals surface area (Å²) in [5, 5.41) is 0. The molecule has 1 atom stereocenters. The van der Waals surface area contributed by atoms with Crippen LogP contribution in [0.3, 0.4) is 0 Å². The van der Waals surface area contributed by atoms with Crippen molar-refractivity contribution in [3.05, 3.63) is 207 Å². The first-order chi connectivity index (χ1) is 41.0. The molecule has 0 heterocycles. The third-order valence-electron chi connectivity index (χ3n) is 12.8. The van der Waals surface area contributed by atoms with Crippen LogP contribution < -0.4 is 0 Å². The lowest BCUT2D eigenvalue weighted by atomic mass is 10.1. The van der Waals surface area contributed by atoms with Crippen molar-refractivity contribution >= 4 is 17.9 Å². The van der Waals surface area contributed by atoms with E-state index in [2.05, 4.69) is 227 Å². The van der Waals surface area contributed by atoms with Crippen LogP contribution >= 0.6 is 0 Å². The zero-order valence-electron chi connectivity index (χ0n) is 52.6. The fraction of sp³-hybridized carbons (Fsp3) is 0.519. The molecule has 0 bridgehead atoms. The molecule has 0 saturated carbocycles. The van der Waals surface area contributed by atoms with Crippen LogP contribution in [0, 0.1) is 0 Å². The van der Waals surface area contributed by atoms with Gasteiger partial charge in [0.15, 0.2) is 6.10 Å². The second-order valence-corrected chi connectivity index (χ2v) is 20.5. The van der Waals surface area contributed by atoms with Crippen LogP contribution in [0.15, 0.2) is 207 Å². The van der Waals surface area contributed by atoms with Gasteiger partial charge in [0.2, 0.25) is 0 Å². The summed E-state index contributed by atoms with van der Waals surface area (Å²) < 4.78 is 16.8. The van der Waals surface area contributed by atoms with Crippen molar-refractivity contribution < 1.29 is 28.6 Å². The highest BCUT2D eigenvalue weighted by Crippen LogP contribution is 2.13. The van der Waals surface area contributed by atoms with Crippen LogP contribution in [0.25, 0.3) is 0 Å². The maximum Gasteiger partial charge on any atom is 0.306 e. The summed E-state index contributed by atoms with van der Waals surface area (Å²) in [7, 11) is 0. The van der Waals surface area contributed by atoms with Gasteiger partial charge >= 0.3 is 17.9 Å². The molecule has 0 saturated heterocycles. The number of esters is 3. The van der Waals surface area contributed by atoms with Crippen molar-refractivity contribution in [1.82, 2.24) is 0 Å². The van der Waals surface area contributed by atoms with Crippen molar-refractivity contribution in [2.75, 3.05) is 13.2 Å². The van der Waals surface area contributed by atoms with Gasteiger partial charge in [0.25, 0.3) is 0 Å². The molecule has 83 heavy (non-hydrogen) atoms. The third-order valence-corrected chi connectivity index (χ3v) is 12.8. The molecule has 6 heteroatoms. The summed E-state index contributed by atoms with van der Waals surface area (Å²) in [5.74, 6) is -1.03. The average Bonchev–Trinajstić information content (AvgIpc) is 3.49. The summed E-state index contributed by atoms with van der Waals surface area (Å²) in [6, 6.07) is 0. The van der Waals surface area contributed by atoms with E-state index in [0.29, 0.717) is 19.3 Å². The molecule has 0 aliphatic rings. The minimum Gasteiger partial charge on any atom is -0.462 e. The predicted molar refractivity (Wildman–Crippen MR) is 361 cm³/mol. The van der Waals surface area contributed by atoms with E-state index in [9.17, 15) is 14.4 Å². The number of ether oxygens (including phenoxy) is 3. The normalized spacial score (nSPS) is 13.5. The van der Waals surface area contributed by atoms with Gasteiger partial charge in [-0.15, -0.1) is 0 Å². The van der Waals surface area contributed by atoms with Crippen LogP contribution in [0.5, 0.6) is 0 Å². The van der Waals surface area contributed by atoms with Crippen LogP contribution in [0.2, 0.25) is 0 Å². The van der Waals surface area contributed by atoms with E-state index >= 15 is 0 Å². The van der Waals surface area contributed by atoms with E-state index in [4.69, 9.17) is 14.2 Å². The standard InChI is InChI=1S/C77H116O6/c1-4-7-10-13-16-19-22-25-28-29-30-31-32-33-34-35-36-37-38-39-40-41-42-43-44-45-46-47-50-52-55-58-61-64-67-70-76(79)82-73-74(83-77(80)71-68-65-62-59-56-53-49-27-24-21-18-15-12-9-6-3)72-81-75(78)69-66-63-60-57-54-51-48-26-23-20-17-14-11-8-5-2/h7-12,16-21,25-28,30-31,33-34,36-37,39-40,42-43,45-46,48-49,54,56-57,59,74H,4-6,13-15,22-24,29,32,35,38,41,44,47,50-53,55,58,60-73H2,1-3H3/b10-7-,11-8-,12-9-,19-16-,20-17-,21-18-,28-25-,31-30-,34-33-,37-36-,40-39-,43-42-,46-45-,48-26-,49-27-,57-54-,59-56-. The molecule has 0 aromatic rings. The Hall–Kier alpha value is -6.01. The van der Waals surface area contributed by atoms with Crippen molar-refractivity contribution in [2.24, 2.45) is 0 Å². The van der Waals surface area contributed by atoms with Crippen LogP contribution in [-0.4, -0.2) is 37.2 Å². The van der Waals surface area contributed by atoms with Crippen LogP contribution in [0.1, 0.15) is 239 Å². The van der Waals surface area contributed by atoms with Crippen molar-refractivity contribution in [1.29, 1.82) is 0 Å². The summed E-state index contributed by atoms with van der Waals surface area (Å²) in [6.45, 7) is 6.19. The summed E-state index contributed by atoms with van der Waals surface area (Å²) in [6.07, 6.45) is 106. The van der Waals surface area contributed by atoms with E-state index in [1.165, 1.54) is 19.3 Å². The lowest BCUT2D eigenvalue weighted by Crippen LogP contribution is -2.30. The molecule has 0 amide bonds. The molecule has 0 aromatic heterocycles. The van der Waals surface area contributed by atoms with E-state index in [0.717, 1.165) is 167 Å². The minimum atomic E-state index is -0.835. The number of rotatable bonds is 56. The topological polar surface area (TPSA) is 78.9 Å². The molecule has 460 valence electrons. The number of carbonyl (C=O) groups is 3. The van der Waals surface area contributed by atoms with Crippen LogP contribution in [0.4, 0.5) is 0 Å². The maximum absolute atomic E-state index is 12.9.